The van der Waals surface area contributed by atoms with Crippen molar-refractivity contribution in [3.8, 4) is 0 Å². The van der Waals surface area contributed by atoms with Crippen LogP contribution in [-0.2, 0) is 13.0 Å². The number of hydrogen-bond acceptors (Lipinski definition) is 4. The molecule has 0 spiro atoms. The van der Waals surface area contributed by atoms with E-state index in [1.807, 2.05) is 48.5 Å². The average molecular weight is 336 g/mol. The molecule has 1 amide bonds. The highest BCUT2D eigenvalue weighted by Crippen LogP contribution is 2.10. The van der Waals surface area contributed by atoms with E-state index in [4.69, 9.17) is 0 Å². The molecule has 0 aliphatic carbocycles. The number of rotatable bonds is 7. The number of amides is 1. The summed E-state index contributed by atoms with van der Waals surface area (Å²) in [5.74, 6) is -0.206. The van der Waals surface area contributed by atoms with Crippen molar-refractivity contribution in [3.63, 3.8) is 0 Å². The summed E-state index contributed by atoms with van der Waals surface area (Å²) in [6, 6.07) is 17.1. The number of aliphatic hydroxyl groups excluding tert-OH is 1. The van der Waals surface area contributed by atoms with Gasteiger partial charge in [-0.3, -0.25) is 4.79 Å². The van der Waals surface area contributed by atoms with Crippen LogP contribution < -0.4 is 5.32 Å². The Bertz CT molecular complexity index is 803. The maximum Gasteiger partial charge on any atom is 0.251 e. The SMILES string of the molecule is O=C(NC[C@H](O)Cc1ccccc1)c1ccccc1Cn1cncn1. The van der Waals surface area contributed by atoms with Crippen LogP contribution in [0.2, 0.25) is 0 Å². The third kappa shape index (κ3) is 4.74. The molecule has 2 N–H and O–H groups in total. The molecule has 3 rings (SSSR count). The van der Waals surface area contributed by atoms with Crippen molar-refractivity contribution in [1.82, 2.24) is 20.1 Å². The van der Waals surface area contributed by atoms with E-state index in [9.17, 15) is 9.90 Å². The fourth-order valence-electron chi connectivity index (χ4n) is 2.63. The zero-order chi connectivity index (χ0) is 17.5. The fraction of sp³-hybridized carbons (Fsp3) is 0.211. The maximum atomic E-state index is 12.5. The first-order chi connectivity index (χ1) is 12.2. The van der Waals surface area contributed by atoms with Gasteiger partial charge >= 0.3 is 0 Å². The molecule has 1 heterocycles. The lowest BCUT2D eigenvalue weighted by Crippen LogP contribution is -2.33. The minimum Gasteiger partial charge on any atom is -0.391 e. The zero-order valence-electron chi connectivity index (χ0n) is 13.7. The predicted octanol–water partition coefficient (Wildman–Crippen LogP) is 1.66. The van der Waals surface area contributed by atoms with Gasteiger partial charge in [-0.15, -0.1) is 0 Å². The van der Waals surface area contributed by atoms with Gasteiger partial charge in [-0.25, -0.2) is 9.67 Å². The molecule has 0 saturated carbocycles. The molecule has 0 aliphatic heterocycles. The lowest BCUT2D eigenvalue weighted by molar-refractivity contribution is 0.0915. The Morgan fingerprint density at radius 2 is 1.88 bits per heavy atom. The minimum absolute atomic E-state index is 0.200. The molecule has 0 unspecified atom stereocenters. The summed E-state index contributed by atoms with van der Waals surface area (Å²) in [4.78, 5) is 16.4. The minimum atomic E-state index is -0.631. The summed E-state index contributed by atoms with van der Waals surface area (Å²) >= 11 is 0. The standard InChI is InChI=1S/C19H20N4O2/c24-17(10-15-6-2-1-3-7-15)11-21-19(25)18-9-5-4-8-16(18)12-23-14-20-13-22-23/h1-9,13-14,17,24H,10-12H2,(H,21,25)/t17-/m1/s1. The molecule has 0 aliphatic rings. The van der Waals surface area contributed by atoms with Crippen LogP contribution in [0.15, 0.2) is 67.3 Å². The molecule has 25 heavy (non-hydrogen) atoms. The van der Waals surface area contributed by atoms with E-state index < -0.39 is 6.10 Å². The molecule has 1 aromatic heterocycles. The number of carbonyl (C=O) groups is 1. The van der Waals surface area contributed by atoms with E-state index in [0.29, 0.717) is 18.5 Å². The monoisotopic (exact) mass is 336 g/mol. The van der Waals surface area contributed by atoms with Gasteiger partial charge in [0.25, 0.3) is 5.91 Å². The Morgan fingerprint density at radius 3 is 2.64 bits per heavy atom. The molecule has 0 bridgehead atoms. The Hall–Kier alpha value is -2.99. The largest absolute Gasteiger partial charge is 0.391 e. The van der Waals surface area contributed by atoms with Crippen LogP contribution in [0, 0.1) is 0 Å². The third-order valence-electron chi connectivity index (χ3n) is 3.87. The van der Waals surface area contributed by atoms with Gasteiger partial charge in [-0.05, 0) is 17.2 Å². The summed E-state index contributed by atoms with van der Waals surface area (Å²) in [7, 11) is 0. The van der Waals surface area contributed by atoms with Crippen molar-refractivity contribution in [1.29, 1.82) is 0 Å². The lowest BCUT2D eigenvalue weighted by atomic mass is 10.1. The molecule has 128 valence electrons. The summed E-state index contributed by atoms with van der Waals surface area (Å²) in [5, 5.41) is 17.0. The normalized spacial score (nSPS) is 11.9. The van der Waals surface area contributed by atoms with Crippen molar-refractivity contribution in [2.24, 2.45) is 0 Å². The second kappa shape index (κ2) is 8.21. The van der Waals surface area contributed by atoms with Crippen molar-refractivity contribution >= 4 is 5.91 Å². The van der Waals surface area contributed by atoms with Gasteiger partial charge in [0.1, 0.15) is 12.7 Å². The van der Waals surface area contributed by atoms with E-state index in [0.717, 1.165) is 11.1 Å². The van der Waals surface area contributed by atoms with Crippen LogP contribution in [0.5, 0.6) is 0 Å². The summed E-state index contributed by atoms with van der Waals surface area (Å²) in [6.07, 6.45) is 2.94. The first-order valence-corrected chi connectivity index (χ1v) is 8.13. The molecule has 6 nitrogen and oxygen atoms in total. The second-order valence-electron chi connectivity index (χ2n) is 5.80. The second-order valence-corrected chi connectivity index (χ2v) is 5.80. The predicted molar refractivity (Wildman–Crippen MR) is 94.1 cm³/mol. The van der Waals surface area contributed by atoms with Gasteiger partial charge in [0.05, 0.1) is 12.6 Å². The quantitative estimate of drug-likeness (QED) is 0.688. The Morgan fingerprint density at radius 1 is 1.12 bits per heavy atom. The number of benzene rings is 2. The highest BCUT2D eigenvalue weighted by Gasteiger charge is 2.13. The van der Waals surface area contributed by atoms with Crippen molar-refractivity contribution in [3.05, 3.63) is 83.9 Å². The topological polar surface area (TPSA) is 80.0 Å². The molecule has 0 fully saturated rings. The van der Waals surface area contributed by atoms with Crippen LogP contribution in [0.25, 0.3) is 0 Å². The van der Waals surface area contributed by atoms with Crippen LogP contribution in [0.3, 0.4) is 0 Å². The molecule has 0 saturated heterocycles. The van der Waals surface area contributed by atoms with Gasteiger partial charge in [-0.2, -0.15) is 5.10 Å². The smallest absolute Gasteiger partial charge is 0.251 e. The average Bonchev–Trinajstić information content (AvgIpc) is 3.14. The molecule has 2 aromatic carbocycles. The molecular formula is C19H20N4O2. The number of nitrogens with zero attached hydrogens (tertiary/aromatic N) is 3. The molecule has 0 radical (unpaired) electrons. The van der Waals surface area contributed by atoms with E-state index in [1.54, 1.807) is 17.1 Å². The first kappa shape index (κ1) is 16.9. The molecule has 3 aromatic rings. The van der Waals surface area contributed by atoms with Crippen molar-refractivity contribution in [2.75, 3.05) is 6.54 Å². The fourth-order valence-corrected chi connectivity index (χ4v) is 2.63. The Kier molecular flexibility index (Phi) is 5.53. The number of carbonyl (C=O) groups excluding carboxylic acids is 1. The third-order valence-corrected chi connectivity index (χ3v) is 3.87. The zero-order valence-corrected chi connectivity index (χ0v) is 13.7. The van der Waals surface area contributed by atoms with Crippen LogP contribution >= 0.6 is 0 Å². The van der Waals surface area contributed by atoms with Crippen LogP contribution in [0.1, 0.15) is 21.5 Å². The van der Waals surface area contributed by atoms with E-state index in [2.05, 4.69) is 15.4 Å². The lowest BCUT2D eigenvalue weighted by Gasteiger charge is -2.14. The molecule has 1 atom stereocenters. The van der Waals surface area contributed by atoms with Gasteiger partial charge in [0.15, 0.2) is 0 Å². The number of aromatic nitrogens is 3. The summed E-state index contributed by atoms with van der Waals surface area (Å²) in [6.45, 7) is 0.668. The van der Waals surface area contributed by atoms with Crippen LogP contribution in [0.4, 0.5) is 0 Å². The van der Waals surface area contributed by atoms with E-state index >= 15 is 0 Å². The Balaban J connectivity index is 1.59. The van der Waals surface area contributed by atoms with E-state index in [1.165, 1.54) is 6.33 Å². The highest BCUT2D eigenvalue weighted by atomic mass is 16.3. The number of hydrogen-bond donors (Lipinski definition) is 2. The van der Waals surface area contributed by atoms with Crippen molar-refractivity contribution < 1.29 is 9.90 Å². The van der Waals surface area contributed by atoms with E-state index in [-0.39, 0.29) is 12.5 Å². The van der Waals surface area contributed by atoms with Gasteiger partial charge < -0.3 is 10.4 Å². The summed E-state index contributed by atoms with van der Waals surface area (Å²) < 4.78 is 1.66. The molecular weight excluding hydrogens is 316 g/mol. The van der Waals surface area contributed by atoms with Crippen molar-refractivity contribution in [2.45, 2.75) is 19.1 Å². The first-order valence-electron chi connectivity index (χ1n) is 8.13. The number of nitrogens with one attached hydrogen (secondary N) is 1. The van der Waals surface area contributed by atoms with Crippen LogP contribution in [-0.4, -0.2) is 38.4 Å². The molecule has 6 heteroatoms. The summed E-state index contributed by atoms with van der Waals surface area (Å²) in [5.41, 5.74) is 2.46. The van der Waals surface area contributed by atoms with Gasteiger partial charge in [0.2, 0.25) is 0 Å². The Labute approximate surface area is 146 Å². The highest BCUT2D eigenvalue weighted by molar-refractivity contribution is 5.95. The van der Waals surface area contributed by atoms with Gasteiger partial charge in [0, 0.05) is 18.5 Å². The number of aliphatic hydroxyl groups is 1. The maximum absolute atomic E-state index is 12.5. The van der Waals surface area contributed by atoms with Gasteiger partial charge in [-0.1, -0.05) is 48.5 Å².